The highest BCUT2D eigenvalue weighted by Gasteiger charge is 2.38. The Morgan fingerprint density at radius 3 is 3.09 bits per heavy atom. The summed E-state index contributed by atoms with van der Waals surface area (Å²) in [5, 5.41) is 0. The van der Waals surface area contributed by atoms with Crippen molar-refractivity contribution in [2.45, 2.75) is 24.9 Å². The summed E-state index contributed by atoms with van der Waals surface area (Å²) in [6, 6.07) is 0. The Hall–Kier alpha value is -1.43. The van der Waals surface area contributed by atoms with E-state index < -0.39 is 37.4 Å². The Balaban J connectivity index is 1.84. The van der Waals surface area contributed by atoms with Gasteiger partial charge in [-0.2, -0.15) is 4.98 Å². The van der Waals surface area contributed by atoms with Crippen molar-refractivity contribution in [3.63, 3.8) is 0 Å². The van der Waals surface area contributed by atoms with Crippen molar-refractivity contribution in [2.75, 3.05) is 12.3 Å². The monoisotopic (exact) mass is 365 g/mol. The molecule has 1 aliphatic heterocycles. The average Bonchev–Trinajstić information content (AvgIpc) is 2.99. The third-order valence-corrected chi connectivity index (χ3v) is 4.13. The molecule has 126 valence electrons. The standard InChI is InChI=1S/C10H13FN5O5PS/c11-4-1-6(21-5(4)2-20-22(18,19)23)16-3-13-7-8(16)14-10(12)15-9(7)17/h3-6H,1-2H2,(H2,18,19,23)(H3,12,14,15,17)/t4-,5+,6+/m0/s1. The van der Waals surface area contributed by atoms with Gasteiger partial charge >= 0.3 is 6.72 Å². The van der Waals surface area contributed by atoms with E-state index in [2.05, 4.69) is 31.3 Å². The lowest BCUT2D eigenvalue weighted by atomic mass is 10.2. The molecule has 2 aromatic rings. The quantitative estimate of drug-likeness (QED) is 0.529. The molecule has 0 radical (unpaired) electrons. The number of imidazole rings is 1. The number of hydrogen-bond acceptors (Lipinski definition) is 7. The van der Waals surface area contributed by atoms with Gasteiger partial charge in [-0.15, -0.1) is 0 Å². The van der Waals surface area contributed by atoms with Crippen molar-refractivity contribution in [1.82, 2.24) is 19.5 Å². The second-order valence-electron chi connectivity index (χ2n) is 4.94. The van der Waals surface area contributed by atoms with Crippen LogP contribution in [-0.4, -0.2) is 48.2 Å². The number of ether oxygens (including phenoxy) is 1. The van der Waals surface area contributed by atoms with E-state index in [1.54, 1.807) is 0 Å². The molecule has 0 aliphatic carbocycles. The topological polar surface area (TPSA) is 149 Å². The Labute approximate surface area is 133 Å². The Bertz CT molecular complexity index is 837. The van der Waals surface area contributed by atoms with Crippen molar-refractivity contribution < 1.29 is 23.4 Å². The average molecular weight is 365 g/mol. The van der Waals surface area contributed by atoms with Gasteiger partial charge in [-0.1, -0.05) is 0 Å². The normalized spacial score (nSPS) is 25.3. The Morgan fingerprint density at radius 2 is 2.39 bits per heavy atom. The number of alkyl halides is 1. The lowest BCUT2D eigenvalue weighted by Gasteiger charge is -2.16. The highest BCUT2D eigenvalue weighted by Crippen LogP contribution is 2.39. The molecule has 0 amide bonds. The summed E-state index contributed by atoms with van der Waals surface area (Å²) < 4.78 is 25.5. The molecule has 0 aromatic carbocycles. The number of aromatic nitrogens is 4. The van der Waals surface area contributed by atoms with E-state index in [1.807, 2.05) is 0 Å². The summed E-state index contributed by atoms with van der Waals surface area (Å²) in [5.74, 6) is -0.0971. The van der Waals surface area contributed by atoms with Gasteiger partial charge in [-0.25, -0.2) is 9.37 Å². The van der Waals surface area contributed by atoms with Crippen molar-refractivity contribution in [3.05, 3.63) is 16.7 Å². The number of hydrogen-bond donors (Lipinski definition) is 4. The molecule has 2 aromatic heterocycles. The van der Waals surface area contributed by atoms with Crippen LogP contribution >= 0.6 is 6.72 Å². The number of nitrogen functional groups attached to an aromatic ring is 1. The summed E-state index contributed by atoms with van der Waals surface area (Å²) in [7, 11) is 0. The minimum Gasteiger partial charge on any atom is -0.369 e. The van der Waals surface area contributed by atoms with Crippen molar-refractivity contribution in [2.24, 2.45) is 0 Å². The molecule has 23 heavy (non-hydrogen) atoms. The molecule has 0 saturated carbocycles. The summed E-state index contributed by atoms with van der Waals surface area (Å²) in [6.45, 7) is -4.28. The van der Waals surface area contributed by atoms with Gasteiger partial charge < -0.3 is 24.8 Å². The molecule has 3 rings (SSSR count). The molecular weight excluding hydrogens is 352 g/mol. The zero-order valence-electron chi connectivity index (χ0n) is 11.5. The summed E-state index contributed by atoms with van der Waals surface area (Å²) >= 11 is 4.30. The summed E-state index contributed by atoms with van der Waals surface area (Å²) in [5.41, 5.74) is 5.20. The van der Waals surface area contributed by atoms with Crippen LogP contribution in [0.5, 0.6) is 0 Å². The first-order valence-electron chi connectivity index (χ1n) is 6.46. The number of nitrogens with one attached hydrogen (secondary N) is 1. The Morgan fingerprint density at radius 1 is 1.65 bits per heavy atom. The van der Waals surface area contributed by atoms with E-state index in [0.717, 1.165) is 0 Å². The van der Waals surface area contributed by atoms with E-state index in [4.69, 9.17) is 20.3 Å². The van der Waals surface area contributed by atoms with Gasteiger partial charge in [-0.3, -0.25) is 14.3 Å². The molecule has 0 unspecified atom stereocenters. The first-order chi connectivity index (χ1) is 10.7. The van der Waals surface area contributed by atoms with Crippen LogP contribution in [0, 0.1) is 0 Å². The molecule has 3 heterocycles. The highest BCUT2D eigenvalue weighted by molar-refractivity contribution is 8.06. The molecule has 0 spiro atoms. The molecule has 1 saturated heterocycles. The van der Waals surface area contributed by atoms with Gasteiger partial charge in [-0.05, 0) is 11.8 Å². The SMILES string of the molecule is Nc1nc2c(ncn2[C@H]2C[C@H](F)[C@@H](COP(O)(O)=S)O2)c(=O)[nH]1. The van der Waals surface area contributed by atoms with Crippen molar-refractivity contribution in [3.8, 4) is 0 Å². The number of rotatable bonds is 4. The number of nitrogens with two attached hydrogens (primary N) is 1. The minimum atomic E-state index is -3.88. The fraction of sp³-hybridized carbons (Fsp3) is 0.500. The van der Waals surface area contributed by atoms with E-state index in [1.165, 1.54) is 10.9 Å². The predicted octanol–water partition coefficient (Wildman–Crippen LogP) is -0.447. The van der Waals surface area contributed by atoms with Gasteiger partial charge in [0.1, 0.15) is 18.5 Å². The number of fused-ring (bicyclic) bond motifs is 1. The maximum atomic E-state index is 14.0. The van der Waals surface area contributed by atoms with Gasteiger partial charge in [0.2, 0.25) is 5.95 Å². The van der Waals surface area contributed by atoms with Gasteiger partial charge in [0, 0.05) is 6.42 Å². The van der Waals surface area contributed by atoms with Gasteiger partial charge in [0.15, 0.2) is 11.2 Å². The van der Waals surface area contributed by atoms with E-state index in [-0.39, 0.29) is 23.5 Å². The second kappa shape index (κ2) is 5.89. The van der Waals surface area contributed by atoms with Crippen LogP contribution in [0.4, 0.5) is 10.3 Å². The Kier molecular flexibility index (Phi) is 4.21. The minimum absolute atomic E-state index is 0.0480. The maximum absolute atomic E-state index is 14.0. The lowest BCUT2D eigenvalue weighted by molar-refractivity contribution is -0.0291. The van der Waals surface area contributed by atoms with Crippen LogP contribution in [0.15, 0.2) is 11.1 Å². The fourth-order valence-electron chi connectivity index (χ4n) is 2.33. The molecule has 1 fully saturated rings. The van der Waals surface area contributed by atoms with E-state index in [9.17, 15) is 9.18 Å². The number of aromatic amines is 1. The highest BCUT2D eigenvalue weighted by atomic mass is 32.5. The smallest absolute Gasteiger partial charge is 0.321 e. The third-order valence-electron chi connectivity index (χ3n) is 3.33. The van der Waals surface area contributed by atoms with Crippen molar-refractivity contribution >= 4 is 35.6 Å². The van der Waals surface area contributed by atoms with Gasteiger partial charge in [0.25, 0.3) is 5.56 Å². The first kappa shape index (κ1) is 16.4. The molecule has 13 heteroatoms. The van der Waals surface area contributed by atoms with Crippen LogP contribution < -0.4 is 11.3 Å². The zero-order chi connectivity index (χ0) is 16.8. The largest absolute Gasteiger partial charge is 0.369 e. The molecular formula is C10H13FN5O5PS. The first-order valence-corrected chi connectivity index (χ1v) is 9.09. The van der Waals surface area contributed by atoms with Crippen LogP contribution in [0.2, 0.25) is 0 Å². The van der Waals surface area contributed by atoms with Crippen LogP contribution in [0.25, 0.3) is 11.2 Å². The van der Waals surface area contributed by atoms with Crippen LogP contribution in [-0.2, 0) is 21.1 Å². The summed E-state index contributed by atoms with van der Waals surface area (Å²) in [4.78, 5) is 40.0. The molecule has 10 nitrogen and oxygen atoms in total. The molecule has 3 atom stereocenters. The van der Waals surface area contributed by atoms with Gasteiger partial charge in [0.05, 0.1) is 12.9 Å². The number of halogens is 1. The van der Waals surface area contributed by atoms with E-state index in [0.29, 0.717) is 0 Å². The molecule has 1 aliphatic rings. The summed E-state index contributed by atoms with van der Waals surface area (Å²) in [6.07, 6.45) is -1.98. The number of H-pyrrole nitrogens is 1. The second-order valence-corrected chi connectivity index (χ2v) is 7.61. The number of anilines is 1. The number of nitrogens with zero attached hydrogens (tertiary/aromatic N) is 3. The van der Waals surface area contributed by atoms with E-state index >= 15 is 0 Å². The maximum Gasteiger partial charge on any atom is 0.321 e. The molecule has 5 N–H and O–H groups in total. The van der Waals surface area contributed by atoms with Crippen LogP contribution in [0.3, 0.4) is 0 Å². The van der Waals surface area contributed by atoms with Crippen molar-refractivity contribution in [1.29, 1.82) is 0 Å². The van der Waals surface area contributed by atoms with Crippen LogP contribution in [0.1, 0.15) is 12.6 Å². The fourth-order valence-corrected chi connectivity index (χ4v) is 2.86. The predicted molar refractivity (Wildman–Crippen MR) is 80.7 cm³/mol. The lowest BCUT2D eigenvalue weighted by Crippen LogP contribution is -2.23. The molecule has 0 bridgehead atoms. The third kappa shape index (κ3) is 3.42. The zero-order valence-corrected chi connectivity index (χ0v) is 13.2.